The molecule has 0 spiro atoms. The molecule has 0 aliphatic rings. The number of H-pyrrole nitrogens is 1. The van der Waals surface area contributed by atoms with Crippen LogP contribution in [-0.2, 0) is 6.42 Å². The van der Waals surface area contributed by atoms with Gasteiger partial charge in [-0.2, -0.15) is 0 Å². The molecule has 3 nitrogen and oxygen atoms in total. The van der Waals surface area contributed by atoms with Gasteiger partial charge in [0.25, 0.3) is 0 Å². The smallest absolute Gasteiger partial charge is 0.159 e. The van der Waals surface area contributed by atoms with E-state index >= 15 is 0 Å². The summed E-state index contributed by atoms with van der Waals surface area (Å²) in [6, 6.07) is 3.80. The van der Waals surface area contributed by atoms with E-state index in [2.05, 4.69) is 53.7 Å². The molecule has 0 saturated heterocycles. The predicted octanol–water partition coefficient (Wildman–Crippen LogP) is 4.68. The van der Waals surface area contributed by atoms with Crippen molar-refractivity contribution in [1.82, 2.24) is 15.0 Å². The Morgan fingerprint density at radius 3 is 2.83 bits per heavy atom. The van der Waals surface area contributed by atoms with Gasteiger partial charge in [-0.3, -0.25) is 4.98 Å². The molecule has 0 bridgehead atoms. The maximum Gasteiger partial charge on any atom is 0.159 e. The lowest BCUT2D eigenvalue weighted by molar-refractivity contribution is 0.864. The second-order valence-corrected chi connectivity index (χ2v) is 5.80. The summed E-state index contributed by atoms with van der Waals surface area (Å²) >= 11 is 12.2. The van der Waals surface area contributed by atoms with Gasteiger partial charge < -0.3 is 4.98 Å². The first-order valence-corrected chi connectivity index (χ1v) is 7.52. The molecule has 2 rings (SSSR count). The highest BCUT2D eigenvalue weighted by Crippen LogP contribution is 2.25. The number of nitrogens with one attached hydrogen (secondary N) is 1. The highest BCUT2D eigenvalue weighted by atomic mass is 79.9. The molecule has 18 heavy (non-hydrogen) atoms. The van der Waals surface area contributed by atoms with Crippen molar-refractivity contribution >= 4 is 44.1 Å². The van der Waals surface area contributed by atoms with Gasteiger partial charge in [0.15, 0.2) is 5.82 Å². The van der Waals surface area contributed by atoms with Crippen LogP contribution in [0.2, 0.25) is 0 Å². The predicted molar refractivity (Wildman–Crippen MR) is 82.0 cm³/mol. The van der Waals surface area contributed by atoms with Crippen LogP contribution in [0.15, 0.2) is 27.3 Å². The normalized spacial score (nSPS) is 10.6. The Kier molecular flexibility index (Phi) is 4.64. The third-order valence-electron chi connectivity index (χ3n) is 2.42. The first-order valence-electron chi connectivity index (χ1n) is 5.53. The van der Waals surface area contributed by atoms with Gasteiger partial charge in [0.1, 0.15) is 10.3 Å². The SMILES string of the molecule is CCCc1[nH]c(-c2ncccc2Br)nc(=S)c1Br. The molecule has 2 heterocycles. The van der Waals surface area contributed by atoms with Gasteiger partial charge in [0.2, 0.25) is 0 Å². The number of nitrogens with zero attached hydrogens (tertiary/aromatic N) is 2. The second kappa shape index (κ2) is 6.04. The molecule has 0 aromatic carbocycles. The summed E-state index contributed by atoms with van der Waals surface area (Å²) in [6.45, 7) is 2.13. The fraction of sp³-hybridized carbons (Fsp3) is 0.250. The minimum atomic E-state index is 0.560. The van der Waals surface area contributed by atoms with Crippen molar-refractivity contribution in [3.63, 3.8) is 0 Å². The van der Waals surface area contributed by atoms with Crippen molar-refractivity contribution in [2.24, 2.45) is 0 Å². The molecule has 94 valence electrons. The van der Waals surface area contributed by atoms with Gasteiger partial charge in [-0.15, -0.1) is 0 Å². The number of hydrogen-bond donors (Lipinski definition) is 1. The molecule has 2 aromatic heterocycles. The Morgan fingerprint density at radius 1 is 1.39 bits per heavy atom. The van der Waals surface area contributed by atoms with Crippen LogP contribution in [0.3, 0.4) is 0 Å². The van der Waals surface area contributed by atoms with E-state index in [1.807, 2.05) is 12.1 Å². The highest BCUT2D eigenvalue weighted by Gasteiger charge is 2.10. The van der Waals surface area contributed by atoms with Crippen molar-refractivity contribution in [2.75, 3.05) is 0 Å². The number of aryl methyl sites for hydroxylation is 1. The number of pyridine rings is 1. The first kappa shape index (κ1) is 13.8. The first-order chi connectivity index (χ1) is 8.63. The van der Waals surface area contributed by atoms with Crippen LogP contribution in [0, 0.1) is 4.64 Å². The lowest BCUT2D eigenvalue weighted by atomic mass is 10.2. The standard InChI is InChI=1S/C12H11Br2N3S/c1-2-4-8-9(14)12(18)17-11(16-8)10-7(13)5-3-6-15-10/h3,5-6H,2,4H2,1H3,(H,16,17,18). The zero-order chi connectivity index (χ0) is 13.1. The van der Waals surface area contributed by atoms with E-state index in [1.165, 1.54) is 0 Å². The number of aromatic nitrogens is 3. The summed E-state index contributed by atoms with van der Waals surface area (Å²) in [5.74, 6) is 0.694. The summed E-state index contributed by atoms with van der Waals surface area (Å²) < 4.78 is 2.33. The second-order valence-electron chi connectivity index (χ2n) is 3.77. The molecular formula is C12H11Br2N3S. The topological polar surface area (TPSA) is 41.6 Å². The summed E-state index contributed by atoms with van der Waals surface area (Å²) in [7, 11) is 0. The van der Waals surface area contributed by atoms with E-state index in [9.17, 15) is 0 Å². The lowest BCUT2D eigenvalue weighted by Crippen LogP contribution is -2.00. The molecule has 0 atom stereocenters. The molecule has 0 fully saturated rings. The number of aromatic amines is 1. The monoisotopic (exact) mass is 387 g/mol. The lowest BCUT2D eigenvalue weighted by Gasteiger charge is -2.08. The summed E-state index contributed by atoms with van der Waals surface area (Å²) in [6.07, 6.45) is 3.70. The third-order valence-corrected chi connectivity index (χ3v) is 4.47. The maximum atomic E-state index is 5.26. The fourth-order valence-electron chi connectivity index (χ4n) is 1.60. The quantitative estimate of drug-likeness (QED) is 0.776. The molecule has 0 aliphatic heterocycles. The third kappa shape index (κ3) is 2.87. The molecule has 6 heteroatoms. The van der Waals surface area contributed by atoms with Crippen LogP contribution in [0.5, 0.6) is 0 Å². The maximum absolute atomic E-state index is 5.26. The Morgan fingerprint density at radius 2 is 2.17 bits per heavy atom. The van der Waals surface area contributed by atoms with Crippen LogP contribution in [-0.4, -0.2) is 15.0 Å². The minimum absolute atomic E-state index is 0.560. The van der Waals surface area contributed by atoms with Crippen molar-refractivity contribution in [3.05, 3.63) is 37.6 Å². The Hall–Kier alpha value is -0.590. The van der Waals surface area contributed by atoms with E-state index in [-0.39, 0.29) is 0 Å². The van der Waals surface area contributed by atoms with Crippen molar-refractivity contribution in [1.29, 1.82) is 0 Å². The highest BCUT2D eigenvalue weighted by molar-refractivity contribution is 9.11. The fourth-order valence-corrected chi connectivity index (χ4v) is 2.64. The molecular weight excluding hydrogens is 378 g/mol. The summed E-state index contributed by atoms with van der Waals surface area (Å²) in [4.78, 5) is 12.0. The van der Waals surface area contributed by atoms with E-state index in [4.69, 9.17) is 12.2 Å². The summed E-state index contributed by atoms with van der Waals surface area (Å²) in [5, 5.41) is 0. The molecule has 0 aliphatic carbocycles. The average Bonchev–Trinajstić information content (AvgIpc) is 2.35. The van der Waals surface area contributed by atoms with Gasteiger partial charge in [-0.25, -0.2) is 4.98 Å². The molecule has 1 N–H and O–H groups in total. The van der Waals surface area contributed by atoms with Gasteiger partial charge in [-0.1, -0.05) is 25.6 Å². The molecule has 0 amide bonds. The minimum Gasteiger partial charge on any atom is -0.341 e. The zero-order valence-corrected chi connectivity index (χ0v) is 13.7. The molecule has 2 aromatic rings. The van der Waals surface area contributed by atoms with Crippen molar-refractivity contribution in [2.45, 2.75) is 19.8 Å². The number of hydrogen-bond acceptors (Lipinski definition) is 3. The van der Waals surface area contributed by atoms with Gasteiger partial charge in [0, 0.05) is 16.4 Å². The summed E-state index contributed by atoms with van der Waals surface area (Å²) in [5.41, 5.74) is 1.83. The largest absolute Gasteiger partial charge is 0.341 e. The van der Waals surface area contributed by atoms with Crippen molar-refractivity contribution in [3.8, 4) is 11.5 Å². The van der Waals surface area contributed by atoms with E-state index in [1.54, 1.807) is 6.20 Å². The van der Waals surface area contributed by atoms with Gasteiger partial charge in [0.05, 0.1) is 4.47 Å². The van der Waals surface area contributed by atoms with Crippen LogP contribution < -0.4 is 0 Å². The van der Waals surface area contributed by atoms with E-state index in [0.29, 0.717) is 10.5 Å². The van der Waals surface area contributed by atoms with Crippen LogP contribution in [0.4, 0.5) is 0 Å². The van der Waals surface area contributed by atoms with Crippen LogP contribution in [0.25, 0.3) is 11.5 Å². The Labute approximate surface area is 127 Å². The van der Waals surface area contributed by atoms with Crippen LogP contribution >= 0.6 is 44.1 Å². The molecule has 0 radical (unpaired) electrons. The van der Waals surface area contributed by atoms with Gasteiger partial charge >= 0.3 is 0 Å². The number of halogens is 2. The zero-order valence-electron chi connectivity index (χ0n) is 9.70. The average molecular weight is 389 g/mol. The van der Waals surface area contributed by atoms with E-state index < -0.39 is 0 Å². The Bertz CT molecular complexity index is 625. The van der Waals surface area contributed by atoms with Crippen LogP contribution in [0.1, 0.15) is 19.0 Å². The van der Waals surface area contributed by atoms with Crippen molar-refractivity contribution < 1.29 is 0 Å². The number of rotatable bonds is 3. The van der Waals surface area contributed by atoms with Gasteiger partial charge in [-0.05, 0) is 50.4 Å². The molecule has 0 unspecified atom stereocenters. The van der Waals surface area contributed by atoms with E-state index in [0.717, 1.165) is 33.2 Å². The molecule has 0 saturated carbocycles. The Balaban J connectivity index is 2.59.